The van der Waals surface area contributed by atoms with Crippen LogP contribution >= 0.6 is 35.6 Å². The van der Waals surface area contributed by atoms with Crippen LogP contribution in [-0.2, 0) is 22.7 Å². The lowest BCUT2D eigenvalue weighted by molar-refractivity contribution is -0.121. The van der Waals surface area contributed by atoms with Crippen molar-refractivity contribution in [2.45, 2.75) is 26.9 Å². The molecule has 2 amide bonds. The molecule has 2 aliphatic heterocycles. The molecule has 0 radical (unpaired) electrons. The fourth-order valence-electron chi connectivity index (χ4n) is 3.76. The summed E-state index contributed by atoms with van der Waals surface area (Å²) in [6, 6.07) is 11.8. The maximum absolute atomic E-state index is 12.8. The van der Waals surface area contributed by atoms with Crippen LogP contribution in [0.25, 0.3) is 6.08 Å². The second-order valence-corrected chi connectivity index (χ2v) is 9.88. The second kappa shape index (κ2) is 10.3. The minimum absolute atomic E-state index is 0.0697. The van der Waals surface area contributed by atoms with Crippen molar-refractivity contribution in [1.29, 1.82) is 0 Å². The van der Waals surface area contributed by atoms with Gasteiger partial charge in [-0.2, -0.15) is 0 Å². The molecule has 4 rings (SSSR count). The van der Waals surface area contributed by atoms with E-state index in [1.807, 2.05) is 6.07 Å². The van der Waals surface area contributed by atoms with E-state index in [-0.39, 0.29) is 18.4 Å². The molecule has 1 N–H and O–H groups in total. The second-order valence-electron chi connectivity index (χ2n) is 7.75. The van der Waals surface area contributed by atoms with Crippen LogP contribution in [-0.4, -0.2) is 40.7 Å². The smallest absolute Gasteiger partial charge is 0.265 e. The number of anilines is 1. The first-order valence-corrected chi connectivity index (χ1v) is 12.3. The first kappa shape index (κ1) is 23.8. The molecule has 2 aromatic rings. The number of nitrogens with zero attached hydrogens (tertiary/aromatic N) is 2. The number of carbonyl (C=O) groups excluding carboxylic acids is 2. The van der Waals surface area contributed by atoms with Gasteiger partial charge in [0.05, 0.1) is 22.2 Å². The van der Waals surface area contributed by atoms with Crippen molar-refractivity contribution in [3.8, 4) is 5.75 Å². The maximum atomic E-state index is 12.8. The third kappa shape index (κ3) is 5.41. The van der Waals surface area contributed by atoms with Gasteiger partial charge in [-0.15, -0.1) is 0 Å². The number of thioether (sulfide) groups is 1. The summed E-state index contributed by atoms with van der Waals surface area (Å²) in [4.78, 5) is 29.3. The summed E-state index contributed by atoms with van der Waals surface area (Å²) < 4.78 is 6.05. The van der Waals surface area contributed by atoms with Gasteiger partial charge in [-0.25, -0.2) is 0 Å². The first-order valence-electron chi connectivity index (χ1n) is 10.7. The Balaban J connectivity index is 1.60. The summed E-state index contributed by atoms with van der Waals surface area (Å²) >= 11 is 12.7. The minimum Gasteiger partial charge on any atom is -0.480 e. The third-order valence-corrected chi connectivity index (χ3v) is 7.03. The number of ether oxygens (including phenoxy) is 1. The van der Waals surface area contributed by atoms with Crippen molar-refractivity contribution < 1.29 is 14.3 Å². The molecule has 2 aromatic carbocycles. The highest BCUT2D eigenvalue weighted by Gasteiger charge is 2.29. The largest absolute Gasteiger partial charge is 0.480 e. The maximum Gasteiger partial charge on any atom is 0.265 e. The van der Waals surface area contributed by atoms with E-state index in [1.165, 1.54) is 17.3 Å². The summed E-state index contributed by atoms with van der Waals surface area (Å²) in [6.45, 7) is 7.54. The van der Waals surface area contributed by atoms with Crippen LogP contribution in [0, 0.1) is 0 Å². The van der Waals surface area contributed by atoms with Crippen LogP contribution in [0.1, 0.15) is 30.5 Å². The number of carbonyl (C=O) groups is 2. The predicted octanol–water partition coefficient (Wildman–Crippen LogP) is 4.60. The Hall–Kier alpha value is -2.39. The van der Waals surface area contributed by atoms with Crippen molar-refractivity contribution in [3.05, 3.63) is 63.0 Å². The van der Waals surface area contributed by atoms with Gasteiger partial charge in [-0.1, -0.05) is 73.7 Å². The summed E-state index contributed by atoms with van der Waals surface area (Å²) in [5.74, 6) is 0.0770. The van der Waals surface area contributed by atoms with E-state index in [0.29, 0.717) is 37.8 Å². The molecule has 0 aliphatic carbocycles. The van der Waals surface area contributed by atoms with Crippen molar-refractivity contribution in [2.75, 3.05) is 24.6 Å². The number of halogens is 1. The molecule has 9 heteroatoms. The Morgan fingerprint density at radius 2 is 1.88 bits per heavy atom. The average Bonchev–Trinajstić information content (AvgIpc) is 3.11. The van der Waals surface area contributed by atoms with E-state index in [0.717, 1.165) is 25.2 Å². The zero-order chi connectivity index (χ0) is 23.5. The lowest BCUT2D eigenvalue weighted by atomic mass is 10.1. The molecule has 0 aromatic heterocycles. The number of benzene rings is 2. The predicted molar refractivity (Wildman–Crippen MR) is 138 cm³/mol. The standard InChI is InChI=1S/C24H24ClN3O3S2/c1-3-27(4-2)12-15-5-7-16(8-6-15)13-28-19-10-17(11-20-23(30)26-24(32)33-20)9-18(25)22(19)31-14-21(28)29/h5-11H,3-4,12-14H2,1-2H3,(H,26,30,32)/b20-11+. The Kier molecular flexibility index (Phi) is 7.38. The van der Waals surface area contributed by atoms with Gasteiger partial charge in [0.15, 0.2) is 12.4 Å². The highest BCUT2D eigenvalue weighted by atomic mass is 35.5. The zero-order valence-electron chi connectivity index (χ0n) is 18.4. The molecule has 0 atom stereocenters. The number of amides is 2. The normalized spacial score (nSPS) is 16.9. The average molecular weight is 502 g/mol. The Labute approximate surface area is 207 Å². The van der Waals surface area contributed by atoms with Crippen molar-refractivity contribution >= 4 is 63.5 Å². The van der Waals surface area contributed by atoms with Crippen molar-refractivity contribution in [1.82, 2.24) is 10.2 Å². The van der Waals surface area contributed by atoms with Crippen LogP contribution in [0.5, 0.6) is 5.75 Å². The van der Waals surface area contributed by atoms with Gasteiger partial charge in [0, 0.05) is 6.54 Å². The third-order valence-electron chi connectivity index (χ3n) is 5.58. The van der Waals surface area contributed by atoms with Gasteiger partial charge in [-0.05, 0) is 48.0 Å². The number of nitrogens with one attached hydrogen (secondary N) is 1. The van der Waals surface area contributed by atoms with Gasteiger partial charge >= 0.3 is 0 Å². The molecule has 33 heavy (non-hydrogen) atoms. The van der Waals surface area contributed by atoms with E-state index >= 15 is 0 Å². The number of rotatable bonds is 7. The molecule has 1 fully saturated rings. The topological polar surface area (TPSA) is 61.9 Å². The van der Waals surface area contributed by atoms with Crippen LogP contribution in [0.15, 0.2) is 41.3 Å². The lowest BCUT2D eigenvalue weighted by Crippen LogP contribution is -2.38. The van der Waals surface area contributed by atoms with E-state index < -0.39 is 0 Å². The molecule has 1 saturated heterocycles. The summed E-state index contributed by atoms with van der Waals surface area (Å²) in [5.41, 5.74) is 3.52. The van der Waals surface area contributed by atoms with Gasteiger partial charge in [0.1, 0.15) is 4.32 Å². The number of hydrogen-bond donors (Lipinski definition) is 1. The minimum atomic E-state index is -0.243. The number of fused-ring (bicyclic) bond motifs is 1. The lowest BCUT2D eigenvalue weighted by Gasteiger charge is -2.30. The van der Waals surface area contributed by atoms with Gasteiger partial charge in [0.25, 0.3) is 11.8 Å². The highest BCUT2D eigenvalue weighted by Crippen LogP contribution is 2.41. The highest BCUT2D eigenvalue weighted by molar-refractivity contribution is 8.26. The summed E-state index contributed by atoms with van der Waals surface area (Å²) in [7, 11) is 0. The fraction of sp³-hybridized carbons (Fsp3) is 0.292. The van der Waals surface area contributed by atoms with Crippen molar-refractivity contribution in [2.24, 2.45) is 0 Å². The number of thiocarbonyl (C=S) groups is 1. The summed E-state index contributed by atoms with van der Waals surface area (Å²) in [5, 5.41) is 2.98. The molecule has 0 saturated carbocycles. The Bertz CT molecular complexity index is 1130. The number of hydrogen-bond acceptors (Lipinski definition) is 6. The zero-order valence-corrected chi connectivity index (χ0v) is 20.8. The SMILES string of the molecule is CCN(CC)Cc1ccc(CN2C(=O)COc3c(Cl)cc(/C=C4/SC(=S)NC4=O)cc32)cc1. The van der Waals surface area contributed by atoms with E-state index in [1.54, 1.807) is 17.0 Å². The molecule has 0 unspecified atom stereocenters. The fourth-order valence-corrected chi connectivity index (χ4v) is 5.08. The first-order chi connectivity index (χ1) is 15.9. The van der Waals surface area contributed by atoms with Crippen molar-refractivity contribution in [3.63, 3.8) is 0 Å². The Morgan fingerprint density at radius 3 is 2.52 bits per heavy atom. The Morgan fingerprint density at radius 1 is 1.18 bits per heavy atom. The van der Waals surface area contributed by atoms with Gasteiger partial charge in [-0.3, -0.25) is 14.5 Å². The molecule has 2 heterocycles. The molecule has 0 bridgehead atoms. The summed E-state index contributed by atoms with van der Waals surface area (Å²) in [6.07, 6.45) is 1.71. The molecule has 172 valence electrons. The molecular formula is C24H24ClN3O3S2. The molecule has 0 spiro atoms. The van der Waals surface area contributed by atoms with Gasteiger partial charge < -0.3 is 15.0 Å². The monoisotopic (exact) mass is 501 g/mol. The van der Waals surface area contributed by atoms with E-state index in [9.17, 15) is 9.59 Å². The van der Waals surface area contributed by atoms with E-state index in [4.69, 9.17) is 28.6 Å². The van der Waals surface area contributed by atoms with Gasteiger partial charge in [0.2, 0.25) is 0 Å². The quantitative estimate of drug-likeness (QED) is 0.442. The van der Waals surface area contributed by atoms with Crippen LogP contribution in [0.4, 0.5) is 5.69 Å². The molecule has 6 nitrogen and oxygen atoms in total. The van der Waals surface area contributed by atoms with Crippen LogP contribution < -0.4 is 15.0 Å². The molecule has 2 aliphatic rings. The van der Waals surface area contributed by atoms with Crippen LogP contribution in [0.3, 0.4) is 0 Å². The van der Waals surface area contributed by atoms with Crippen LogP contribution in [0.2, 0.25) is 5.02 Å². The van der Waals surface area contributed by atoms with E-state index in [2.05, 4.69) is 48.3 Å². The molecular weight excluding hydrogens is 478 g/mol.